The van der Waals surface area contributed by atoms with Crippen molar-refractivity contribution < 1.29 is 23.5 Å². The molecule has 0 aliphatic rings. The van der Waals surface area contributed by atoms with E-state index in [0.717, 1.165) is 5.56 Å². The second kappa shape index (κ2) is 10.3. The van der Waals surface area contributed by atoms with Crippen molar-refractivity contribution in [3.63, 3.8) is 0 Å². The van der Waals surface area contributed by atoms with E-state index >= 15 is 0 Å². The number of hydrogen-bond donors (Lipinski definition) is 1. The highest BCUT2D eigenvalue weighted by molar-refractivity contribution is 6.33. The van der Waals surface area contributed by atoms with Gasteiger partial charge >= 0.3 is 17.7 Å². The number of carbonyl (C=O) groups is 2. The molecular weight excluding hydrogens is 458 g/mol. The van der Waals surface area contributed by atoms with Gasteiger partial charge in [0.1, 0.15) is 17.2 Å². The van der Waals surface area contributed by atoms with Gasteiger partial charge in [-0.2, -0.15) is 0 Å². The Morgan fingerprint density at radius 3 is 2.38 bits per heavy atom. The van der Waals surface area contributed by atoms with Crippen LogP contribution in [0, 0.1) is 5.92 Å². The highest BCUT2D eigenvalue weighted by atomic mass is 35.5. The number of amides is 1. The summed E-state index contributed by atoms with van der Waals surface area (Å²) in [5.41, 5.74) is 0.427. The molecule has 34 heavy (non-hydrogen) atoms. The van der Waals surface area contributed by atoms with E-state index in [-0.39, 0.29) is 22.3 Å². The molecule has 1 unspecified atom stereocenters. The molecule has 0 aliphatic heterocycles. The minimum absolute atomic E-state index is 0.0206. The van der Waals surface area contributed by atoms with Gasteiger partial charge in [0, 0.05) is 17.5 Å². The van der Waals surface area contributed by atoms with Crippen LogP contribution in [0.5, 0.6) is 5.75 Å². The van der Waals surface area contributed by atoms with Crippen molar-refractivity contribution in [3.05, 3.63) is 64.0 Å². The molecular formula is C26H28ClNO6. The summed E-state index contributed by atoms with van der Waals surface area (Å²) in [5.74, 6) is -0.597. The Morgan fingerprint density at radius 2 is 1.76 bits per heavy atom. The maximum atomic E-state index is 12.9. The minimum Gasteiger partial charge on any atom is -0.444 e. The van der Waals surface area contributed by atoms with Crippen molar-refractivity contribution in [2.45, 2.75) is 52.7 Å². The lowest BCUT2D eigenvalue weighted by Crippen LogP contribution is -2.45. The molecule has 0 saturated carbocycles. The zero-order valence-corrected chi connectivity index (χ0v) is 20.6. The van der Waals surface area contributed by atoms with Crippen LogP contribution in [-0.2, 0) is 9.53 Å². The molecule has 8 heteroatoms. The zero-order chi connectivity index (χ0) is 25.0. The van der Waals surface area contributed by atoms with Gasteiger partial charge in [0.25, 0.3) is 0 Å². The molecule has 0 aliphatic carbocycles. The maximum Gasteiger partial charge on any atom is 0.408 e. The Hall–Kier alpha value is -3.32. The molecule has 1 aromatic heterocycles. The first-order valence-electron chi connectivity index (χ1n) is 11.0. The molecule has 180 valence electrons. The number of benzene rings is 2. The largest absolute Gasteiger partial charge is 0.444 e. The zero-order valence-electron chi connectivity index (χ0n) is 19.8. The van der Waals surface area contributed by atoms with Crippen LogP contribution in [0.15, 0.2) is 57.7 Å². The lowest BCUT2D eigenvalue weighted by atomic mass is 10.0. The molecule has 0 fully saturated rings. The third-order valence-electron chi connectivity index (χ3n) is 4.77. The first-order chi connectivity index (χ1) is 15.9. The SMILES string of the molecule is CC(C)CC(NC(=O)OC(C)(C)C)C(=O)Oc1cc2oc(=O)cc(-c3ccccc3)c2cc1Cl. The molecule has 7 nitrogen and oxygen atoms in total. The molecule has 2 aromatic carbocycles. The van der Waals surface area contributed by atoms with E-state index in [1.165, 1.54) is 12.1 Å². The fourth-order valence-corrected chi connectivity index (χ4v) is 3.61. The van der Waals surface area contributed by atoms with Gasteiger partial charge in [-0.15, -0.1) is 0 Å². The highest BCUT2D eigenvalue weighted by Gasteiger charge is 2.27. The Balaban J connectivity index is 1.92. The monoisotopic (exact) mass is 485 g/mol. The average molecular weight is 486 g/mol. The van der Waals surface area contributed by atoms with Gasteiger partial charge in [0.05, 0.1) is 5.02 Å². The van der Waals surface area contributed by atoms with Gasteiger partial charge in [-0.05, 0) is 50.3 Å². The molecule has 0 spiro atoms. The van der Waals surface area contributed by atoms with Gasteiger partial charge in [-0.3, -0.25) is 0 Å². The molecule has 0 radical (unpaired) electrons. The van der Waals surface area contributed by atoms with Gasteiger partial charge < -0.3 is 19.2 Å². The summed E-state index contributed by atoms with van der Waals surface area (Å²) in [5, 5.41) is 3.33. The van der Waals surface area contributed by atoms with Crippen molar-refractivity contribution in [3.8, 4) is 16.9 Å². The Labute approximate surface area is 203 Å². The van der Waals surface area contributed by atoms with Crippen molar-refractivity contribution in [2.24, 2.45) is 5.92 Å². The summed E-state index contributed by atoms with van der Waals surface area (Å²) in [6, 6.07) is 12.8. The molecule has 1 heterocycles. The first kappa shape index (κ1) is 25.3. The van der Waals surface area contributed by atoms with Gasteiger partial charge in [0.15, 0.2) is 5.75 Å². The van der Waals surface area contributed by atoms with Crippen LogP contribution in [0.1, 0.15) is 41.0 Å². The summed E-state index contributed by atoms with van der Waals surface area (Å²) >= 11 is 6.44. The smallest absolute Gasteiger partial charge is 0.408 e. The second-order valence-electron chi connectivity index (χ2n) is 9.37. The molecule has 1 N–H and O–H groups in total. The van der Waals surface area contributed by atoms with Gasteiger partial charge in [-0.1, -0.05) is 55.8 Å². The molecule has 1 amide bonds. The molecule has 3 rings (SSSR count). The standard InChI is InChI=1S/C26H28ClNO6/c1-15(2)11-20(28-25(31)34-26(3,4)5)24(30)33-22-14-21-18(12-19(22)27)17(13-23(29)32-21)16-9-7-6-8-10-16/h6-10,12-15,20H,11H2,1-5H3,(H,28,31). The Bertz CT molecular complexity index is 1240. The third kappa shape index (κ3) is 6.60. The summed E-state index contributed by atoms with van der Waals surface area (Å²) < 4.78 is 16.1. The number of alkyl carbamates (subject to hydrolysis) is 1. The van der Waals surface area contributed by atoms with Crippen LogP contribution in [0.4, 0.5) is 4.79 Å². The van der Waals surface area contributed by atoms with E-state index in [1.54, 1.807) is 26.8 Å². The van der Waals surface area contributed by atoms with Crippen LogP contribution in [0.2, 0.25) is 5.02 Å². The molecule has 0 bridgehead atoms. The van der Waals surface area contributed by atoms with Crippen LogP contribution in [0.25, 0.3) is 22.1 Å². The first-order valence-corrected chi connectivity index (χ1v) is 11.3. The van der Waals surface area contributed by atoms with E-state index in [1.807, 2.05) is 44.2 Å². The molecule has 1 atom stereocenters. The maximum absolute atomic E-state index is 12.9. The van der Waals surface area contributed by atoms with E-state index in [0.29, 0.717) is 17.4 Å². The van der Waals surface area contributed by atoms with Gasteiger partial charge in [-0.25, -0.2) is 14.4 Å². The highest BCUT2D eigenvalue weighted by Crippen LogP contribution is 2.35. The average Bonchev–Trinajstić information content (AvgIpc) is 2.72. The number of ether oxygens (including phenoxy) is 2. The lowest BCUT2D eigenvalue weighted by Gasteiger charge is -2.23. The Morgan fingerprint density at radius 1 is 1.09 bits per heavy atom. The quantitative estimate of drug-likeness (QED) is 0.263. The predicted octanol–water partition coefficient (Wildman–Crippen LogP) is 5.96. The van der Waals surface area contributed by atoms with Crippen molar-refractivity contribution in [1.29, 1.82) is 0 Å². The third-order valence-corrected chi connectivity index (χ3v) is 5.07. The van der Waals surface area contributed by atoms with Crippen LogP contribution in [-0.4, -0.2) is 23.7 Å². The predicted molar refractivity (Wildman–Crippen MR) is 131 cm³/mol. The fraction of sp³-hybridized carbons (Fsp3) is 0.346. The van der Waals surface area contributed by atoms with Crippen molar-refractivity contribution >= 4 is 34.6 Å². The fourth-order valence-electron chi connectivity index (χ4n) is 3.41. The number of nitrogens with one attached hydrogen (secondary N) is 1. The van der Waals surface area contributed by atoms with Crippen LogP contribution in [0.3, 0.4) is 0 Å². The number of carbonyl (C=O) groups excluding carboxylic acids is 2. The van der Waals surface area contributed by atoms with E-state index in [4.69, 9.17) is 25.5 Å². The summed E-state index contributed by atoms with van der Waals surface area (Å²) in [4.78, 5) is 37.4. The number of fused-ring (bicyclic) bond motifs is 1. The van der Waals surface area contributed by atoms with Crippen molar-refractivity contribution in [1.82, 2.24) is 5.32 Å². The second-order valence-corrected chi connectivity index (χ2v) is 9.78. The number of esters is 1. The van der Waals surface area contributed by atoms with E-state index < -0.39 is 29.3 Å². The van der Waals surface area contributed by atoms with Crippen molar-refractivity contribution in [2.75, 3.05) is 0 Å². The lowest BCUT2D eigenvalue weighted by molar-refractivity contribution is -0.137. The van der Waals surface area contributed by atoms with Crippen LogP contribution >= 0.6 is 11.6 Å². The molecule has 3 aromatic rings. The topological polar surface area (TPSA) is 94.8 Å². The number of halogens is 1. The Kier molecular flexibility index (Phi) is 7.67. The number of hydrogen-bond acceptors (Lipinski definition) is 6. The molecule has 0 saturated heterocycles. The van der Waals surface area contributed by atoms with E-state index in [2.05, 4.69) is 5.32 Å². The van der Waals surface area contributed by atoms with Crippen LogP contribution < -0.4 is 15.7 Å². The van der Waals surface area contributed by atoms with E-state index in [9.17, 15) is 14.4 Å². The van der Waals surface area contributed by atoms with Gasteiger partial charge in [0.2, 0.25) is 0 Å². The minimum atomic E-state index is -0.954. The summed E-state index contributed by atoms with van der Waals surface area (Å²) in [7, 11) is 0. The normalized spacial score (nSPS) is 12.4. The number of rotatable bonds is 6. The summed E-state index contributed by atoms with van der Waals surface area (Å²) in [6.07, 6.45) is -0.394. The summed E-state index contributed by atoms with van der Waals surface area (Å²) in [6.45, 7) is 9.03.